The van der Waals surface area contributed by atoms with Crippen molar-refractivity contribution in [3.8, 4) is 66.8 Å². The summed E-state index contributed by atoms with van der Waals surface area (Å²) < 4.78 is 0. The Morgan fingerprint density at radius 3 is 0.823 bits per heavy atom. The Kier molecular flexibility index (Phi) is 7.54. The maximum Gasteiger partial charge on any atom is -0.00264 e. The SMILES string of the molecule is Cc1cc(C(C)(C)C)cc(C)c1-c1cc2c3cc4c(cc3c(-c3c(C)cc(C(C)(C)C)cc3C)cc2c2cc3c(cc12)-c1cccc2cccc-3c12)-c1cccc2cccc-4c12. The van der Waals surface area contributed by atoms with Crippen molar-refractivity contribution in [3.63, 3.8) is 0 Å². The van der Waals surface area contributed by atoms with Crippen molar-refractivity contribution in [3.05, 3.63) is 167 Å². The Morgan fingerprint density at radius 2 is 0.532 bits per heavy atom. The molecular weight excluding hydrogens is 745 g/mol. The minimum Gasteiger partial charge on any atom is -0.0610 e. The third kappa shape index (κ3) is 5.13. The smallest absolute Gasteiger partial charge is 0.00264 e. The molecule has 10 aromatic carbocycles. The second kappa shape index (κ2) is 12.5. The van der Waals surface area contributed by atoms with Crippen LogP contribution < -0.4 is 0 Å². The first-order chi connectivity index (χ1) is 29.7. The van der Waals surface area contributed by atoms with E-state index in [0.717, 1.165) is 0 Å². The Balaban J connectivity index is 1.28. The third-order valence-corrected chi connectivity index (χ3v) is 14.6. The van der Waals surface area contributed by atoms with Gasteiger partial charge in [0, 0.05) is 0 Å². The molecule has 0 atom stereocenters. The third-order valence-electron chi connectivity index (χ3n) is 14.6. The van der Waals surface area contributed by atoms with Crippen molar-refractivity contribution in [2.24, 2.45) is 0 Å². The summed E-state index contributed by atoms with van der Waals surface area (Å²) in [6, 6.07) is 52.5. The lowest BCUT2D eigenvalue weighted by Crippen LogP contribution is -2.12. The van der Waals surface area contributed by atoms with Crippen LogP contribution in [0.15, 0.2) is 133 Å². The molecule has 0 saturated carbocycles. The zero-order valence-electron chi connectivity index (χ0n) is 37.7. The summed E-state index contributed by atoms with van der Waals surface area (Å²) in [5, 5.41) is 13.2. The van der Waals surface area contributed by atoms with Crippen molar-refractivity contribution in [2.75, 3.05) is 0 Å². The van der Waals surface area contributed by atoms with E-state index < -0.39 is 0 Å². The van der Waals surface area contributed by atoms with Crippen LogP contribution >= 0.6 is 0 Å². The van der Waals surface area contributed by atoms with Gasteiger partial charge in [-0.3, -0.25) is 0 Å². The fourth-order valence-corrected chi connectivity index (χ4v) is 11.7. The molecular formula is C62H52. The summed E-state index contributed by atoms with van der Waals surface area (Å²) in [7, 11) is 0. The summed E-state index contributed by atoms with van der Waals surface area (Å²) in [5.74, 6) is 0. The topological polar surface area (TPSA) is 0 Å². The fraction of sp³-hybridized carbons (Fsp3) is 0.194. The largest absolute Gasteiger partial charge is 0.0610 e. The van der Waals surface area contributed by atoms with E-state index in [4.69, 9.17) is 0 Å². The maximum absolute atomic E-state index is 2.57. The molecule has 12 rings (SSSR count). The minimum atomic E-state index is 0.0551. The van der Waals surface area contributed by atoms with Crippen LogP contribution in [-0.4, -0.2) is 0 Å². The lowest BCUT2D eigenvalue weighted by Gasteiger charge is -2.25. The van der Waals surface area contributed by atoms with Gasteiger partial charge in [0.15, 0.2) is 0 Å². The van der Waals surface area contributed by atoms with E-state index in [-0.39, 0.29) is 10.8 Å². The zero-order valence-corrected chi connectivity index (χ0v) is 37.7. The van der Waals surface area contributed by atoms with Crippen molar-refractivity contribution in [2.45, 2.75) is 80.1 Å². The molecule has 0 aliphatic heterocycles. The molecule has 0 heterocycles. The van der Waals surface area contributed by atoms with Crippen LogP contribution in [0.5, 0.6) is 0 Å². The van der Waals surface area contributed by atoms with Gasteiger partial charge in [-0.2, -0.15) is 0 Å². The van der Waals surface area contributed by atoms with Crippen LogP contribution in [0.25, 0.3) is 121 Å². The summed E-state index contributed by atoms with van der Waals surface area (Å²) in [4.78, 5) is 0. The number of benzene rings is 10. The molecule has 0 spiro atoms. The first-order valence-electron chi connectivity index (χ1n) is 22.5. The normalized spacial score (nSPS) is 13.0. The molecule has 0 saturated heterocycles. The molecule has 0 aromatic heterocycles. The van der Waals surface area contributed by atoms with E-state index in [1.165, 1.54) is 154 Å². The van der Waals surface area contributed by atoms with Crippen LogP contribution in [-0.2, 0) is 10.8 Å². The van der Waals surface area contributed by atoms with Gasteiger partial charge in [-0.1, -0.05) is 139 Å². The minimum absolute atomic E-state index is 0.0551. The molecule has 0 N–H and O–H groups in total. The highest BCUT2D eigenvalue weighted by molar-refractivity contribution is 6.29. The highest BCUT2D eigenvalue weighted by Gasteiger charge is 2.28. The quantitative estimate of drug-likeness (QED) is 0.153. The van der Waals surface area contributed by atoms with E-state index >= 15 is 0 Å². The molecule has 62 heavy (non-hydrogen) atoms. The average Bonchev–Trinajstić information content (AvgIpc) is 3.72. The molecule has 10 aromatic rings. The second-order valence-corrected chi connectivity index (χ2v) is 20.7. The summed E-state index contributed by atoms with van der Waals surface area (Å²) in [6.45, 7) is 23.3. The fourth-order valence-electron chi connectivity index (χ4n) is 11.7. The highest BCUT2D eigenvalue weighted by Crippen LogP contribution is 2.55. The second-order valence-electron chi connectivity index (χ2n) is 20.7. The van der Waals surface area contributed by atoms with Gasteiger partial charge in [-0.15, -0.1) is 0 Å². The lowest BCUT2D eigenvalue weighted by atomic mass is 9.79. The van der Waals surface area contributed by atoms with Gasteiger partial charge in [-0.05, 0) is 229 Å². The molecule has 2 aliphatic rings. The van der Waals surface area contributed by atoms with Gasteiger partial charge < -0.3 is 0 Å². The van der Waals surface area contributed by atoms with Gasteiger partial charge in [0.25, 0.3) is 0 Å². The van der Waals surface area contributed by atoms with Gasteiger partial charge in [0.2, 0.25) is 0 Å². The lowest BCUT2D eigenvalue weighted by molar-refractivity contribution is 0.589. The highest BCUT2D eigenvalue weighted by atomic mass is 14.3. The number of fused-ring (bicyclic) bond motifs is 11. The van der Waals surface area contributed by atoms with E-state index in [0.29, 0.717) is 0 Å². The summed E-state index contributed by atoms with van der Waals surface area (Å²) >= 11 is 0. The summed E-state index contributed by atoms with van der Waals surface area (Å²) in [5.41, 5.74) is 24.2. The number of hydrogen-bond donors (Lipinski definition) is 0. The van der Waals surface area contributed by atoms with E-state index in [1.54, 1.807) is 0 Å². The molecule has 0 heteroatoms. The Morgan fingerprint density at radius 1 is 0.274 bits per heavy atom. The monoisotopic (exact) mass is 796 g/mol. The molecule has 0 fully saturated rings. The molecule has 0 amide bonds. The molecule has 0 bridgehead atoms. The molecule has 2 aliphatic carbocycles. The maximum atomic E-state index is 2.57. The predicted octanol–water partition coefficient (Wildman–Crippen LogP) is 17.9. The number of aryl methyl sites for hydroxylation is 4. The van der Waals surface area contributed by atoms with Crippen molar-refractivity contribution < 1.29 is 0 Å². The van der Waals surface area contributed by atoms with Crippen LogP contribution in [0, 0.1) is 27.7 Å². The van der Waals surface area contributed by atoms with Gasteiger partial charge in [0.1, 0.15) is 0 Å². The van der Waals surface area contributed by atoms with Crippen LogP contribution in [0.4, 0.5) is 0 Å². The molecule has 0 nitrogen and oxygen atoms in total. The molecule has 300 valence electrons. The van der Waals surface area contributed by atoms with Gasteiger partial charge in [-0.25, -0.2) is 0 Å². The van der Waals surface area contributed by atoms with Crippen molar-refractivity contribution in [1.29, 1.82) is 0 Å². The standard InChI is InChI=1S/C62H52/c1-33-23-39(61(5,6)7)24-34(2)57(33)55-31-51-50-28-46-42-20-12-16-38-18-14-22-44(60(38)42)48(46)30-54(50)56(58-35(3)25-40(26-36(58)4)62(8,9)10)32-52(51)49-27-45-41-19-11-15-37-17-13-21-43(59(37)41)47(45)29-53(49)55/h11-32H,1-10H3. The number of rotatable bonds is 2. The predicted molar refractivity (Wildman–Crippen MR) is 270 cm³/mol. The van der Waals surface area contributed by atoms with Crippen LogP contribution in [0.2, 0.25) is 0 Å². The summed E-state index contributed by atoms with van der Waals surface area (Å²) in [6.07, 6.45) is 0. The molecule has 0 radical (unpaired) electrons. The first kappa shape index (κ1) is 37.3. The van der Waals surface area contributed by atoms with E-state index in [2.05, 4.69) is 203 Å². The Bertz CT molecular complexity index is 3370. The average molecular weight is 797 g/mol. The van der Waals surface area contributed by atoms with E-state index in [1.807, 2.05) is 0 Å². The van der Waals surface area contributed by atoms with Gasteiger partial charge >= 0.3 is 0 Å². The van der Waals surface area contributed by atoms with E-state index in [9.17, 15) is 0 Å². The number of hydrogen-bond acceptors (Lipinski definition) is 0. The van der Waals surface area contributed by atoms with Crippen molar-refractivity contribution >= 4 is 53.9 Å². The van der Waals surface area contributed by atoms with Crippen LogP contribution in [0.3, 0.4) is 0 Å². The van der Waals surface area contributed by atoms with Gasteiger partial charge in [0.05, 0.1) is 0 Å². The van der Waals surface area contributed by atoms with Crippen molar-refractivity contribution in [1.82, 2.24) is 0 Å². The molecule has 0 unspecified atom stereocenters. The zero-order chi connectivity index (χ0) is 42.7. The first-order valence-corrected chi connectivity index (χ1v) is 22.5. The Labute approximate surface area is 365 Å². The Hall–Kier alpha value is -6.50. The van der Waals surface area contributed by atoms with Crippen LogP contribution in [0.1, 0.15) is 74.9 Å².